The summed E-state index contributed by atoms with van der Waals surface area (Å²) >= 11 is 0. The van der Waals surface area contributed by atoms with E-state index in [-0.39, 0.29) is 0 Å². The van der Waals surface area contributed by atoms with Crippen molar-refractivity contribution in [3.8, 4) is 0 Å². The Labute approximate surface area is 40.3 Å². The topological polar surface area (TPSA) is 55.6 Å². The number of aromatic nitrogens is 4. The number of hydrogen-bond acceptors (Lipinski definition) is 4. The van der Waals surface area contributed by atoms with Gasteiger partial charge in [-0.2, -0.15) is 0 Å². The van der Waals surface area contributed by atoms with Crippen LogP contribution in [-0.4, -0.2) is 20.3 Å². The van der Waals surface area contributed by atoms with Gasteiger partial charge in [-0.05, 0) is 10.4 Å². The Morgan fingerprint density at radius 1 is 1.71 bits per heavy atom. The van der Waals surface area contributed by atoms with Crippen LogP contribution in [0.15, 0.2) is 6.33 Å². The second-order valence-electron chi connectivity index (χ2n) is 0.913. The second-order valence-corrected chi connectivity index (χ2v) is 0.913. The summed E-state index contributed by atoms with van der Waals surface area (Å²) in [7, 11) is 3.30. The average Bonchev–Trinajstić information content (AvgIpc) is 2.14. The van der Waals surface area contributed by atoms with E-state index in [0.717, 1.165) is 0 Å². The fraction of sp³-hybridized carbons (Fsp3) is 0. The van der Waals surface area contributed by atoms with Crippen molar-refractivity contribution in [2.75, 3.05) is 5.43 Å². The van der Waals surface area contributed by atoms with Gasteiger partial charge in [-0.15, -0.1) is 9.89 Å². The lowest BCUT2D eigenvalue weighted by atomic mass is 11.3. The van der Waals surface area contributed by atoms with Crippen LogP contribution in [0.1, 0.15) is 0 Å². The van der Waals surface area contributed by atoms with E-state index in [9.17, 15) is 0 Å². The maximum atomic E-state index is 3.42. The van der Waals surface area contributed by atoms with Gasteiger partial charge in [0, 0.05) is 0 Å². The Bertz CT molecular complexity index is 121. The van der Waals surface area contributed by atoms with E-state index in [1.165, 1.54) is 11.1 Å². The molecule has 1 N–H and O–H groups in total. The lowest BCUT2D eigenvalue weighted by Gasteiger charge is -1.88. The molecular weight excluding hydrogens is 94.1 g/mol. The van der Waals surface area contributed by atoms with Crippen LogP contribution in [0.25, 0.3) is 0 Å². The molecule has 1 radical (unpaired) electrons. The summed E-state index contributed by atoms with van der Waals surface area (Å²) in [4.78, 5) is 1.29. The minimum atomic E-state index is 1.29. The van der Waals surface area contributed by atoms with Gasteiger partial charge in [0.2, 0.25) is 0 Å². The summed E-state index contributed by atoms with van der Waals surface area (Å²) in [5, 5.41) is 10.1. The summed E-state index contributed by atoms with van der Waals surface area (Å²) in [6.45, 7) is 0. The third kappa shape index (κ3) is 0.648. The predicted octanol–water partition coefficient (Wildman–Crippen LogP) is -0.992. The monoisotopic (exact) mass is 98.0 g/mol. The lowest BCUT2D eigenvalue weighted by molar-refractivity contribution is 0.734. The third-order valence-electron chi connectivity index (χ3n) is 0.511. The van der Waals surface area contributed by atoms with Gasteiger partial charge in [0.1, 0.15) is 0 Å². The van der Waals surface area contributed by atoms with E-state index < -0.39 is 0 Å². The highest BCUT2D eigenvalue weighted by molar-refractivity contribution is 4.58. The summed E-state index contributed by atoms with van der Waals surface area (Å²) in [6, 6.07) is 0. The molecule has 1 aromatic rings. The minimum Gasteiger partial charge on any atom is -0.305 e. The quantitative estimate of drug-likeness (QED) is 0.490. The zero-order valence-electron chi connectivity index (χ0n) is 3.57. The van der Waals surface area contributed by atoms with E-state index in [2.05, 4.69) is 28.0 Å². The first-order valence-corrected chi connectivity index (χ1v) is 1.69. The molecule has 0 unspecified atom stereocenters. The second kappa shape index (κ2) is 1.55. The molecule has 0 aliphatic heterocycles. The summed E-state index contributed by atoms with van der Waals surface area (Å²) in [5.74, 6) is 0. The maximum Gasteiger partial charge on any atom is 0.161 e. The van der Waals surface area contributed by atoms with E-state index in [0.29, 0.717) is 0 Å². The molecule has 0 spiro atoms. The standard InChI is InChI=1S/C2H4N5/c1-3-7-2-4-5-6-7/h2-3H,1H2. The highest BCUT2D eigenvalue weighted by Crippen LogP contribution is 1.62. The minimum absolute atomic E-state index is 1.29. The zero-order valence-corrected chi connectivity index (χ0v) is 3.57. The lowest BCUT2D eigenvalue weighted by Crippen LogP contribution is -2.06. The number of rotatable bonds is 1. The first-order valence-electron chi connectivity index (χ1n) is 1.69. The maximum absolute atomic E-state index is 3.42. The molecule has 0 bridgehead atoms. The number of nitrogens with one attached hydrogen (secondary N) is 1. The van der Waals surface area contributed by atoms with Crippen LogP contribution in [0.5, 0.6) is 0 Å². The van der Waals surface area contributed by atoms with E-state index in [1.807, 2.05) is 0 Å². The molecule has 0 saturated heterocycles. The number of tetrazole rings is 1. The van der Waals surface area contributed by atoms with Gasteiger partial charge in [-0.1, -0.05) is 0 Å². The molecule has 5 heteroatoms. The molecule has 0 saturated carbocycles. The summed E-state index contributed by atoms with van der Waals surface area (Å²) in [6.07, 6.45) is 1.41. The molecule has 0 amide bonds. The van der Waals surface area contributed by atoms with Gasteiger partial charge < -0.3 is 5.43 Å². The van der Waals surface area contributed by atoms with Crippen molar-refractivity contribution in [1.82, 2.24) is 20.3 Å². The number of nitrogens with zero attached hydrogens (tertiary/aromatic N) is 4. The molecular formula is C2H4N5. The molecule has 1 rings (SSSR count). The zero-order chi connectivity index (χ0) is 5.11. The van der Waals surface area contributed by atoms with Crippen LogP contribution >= 0.6 is 0 Å². The van der Waals surface area contributed by atoms with Crippen LogP contribution in [0, 0.1) is 7.05 Å². The summed E-state index contributed by atoms with van der Waals surface area (Å²) < 4.78 is 0. The molecule has 37 valence electrons. The van der Waals surface area contributed by atoms with E-state index in [4.69, 9.17) is 0 Å². The smallest absolute Gasteiger partial charge is 0.161 e. The largest absolute Gasteiger partial charge is 0.305 e. The van der Waals surface area contributed by atoms with Crippen molar-refractivity contribution >= 4 is 0 Å². The van der Waals surface area contributed by atoms with Crippen LogP contribution < -0.4 is 5.43 Å². The van der Waals surface area contributed by atoms with Crippen molar-refractivity contribution in [3.05, 3.63) is 13.4 Å². The molecule has 0 atom stereocenters. The van der Waals surface area contributed by atoms with Crippen molar-refractivity contribution in [2.45, 2.75) is 0 Å². The average molecular weight is 98.1 g/mol. The van der Waals surface area contributed by atoms with Crippen LogP contribution in [-0.2, 0) is 0 Å². The van der Waals surface area contributed by atoms with Gasteiger partial charge in [0.15, 0.2) is 6.33 Å². The normalized spacial score (nSPS) is 8.71. The van der Waals surface area contributed by atoms with Crippen molar-refractivity contribution in [2.24, 2.45) is 0 Å². The fourth-order valence-electron chi connectivity index (χ4n) is 0.234. The molecule has 5 nitrogen and oxygen atoms in total. The Kier molecular flexibility index (Phi) is 0.892. The molecule has 0 aliphatic rings. The Morgan fingerprint density at radius 2 is 2.57 bits per heavy atom. The predicted molar refractivity (Wildman–Crippen MR) is 22.5 cm³/mol. The Morgan fingerprint density at radius 3 is 2.86 bits per heavy atom. The Balaban J connectivity index is 2.76. The SMILES string of the molecule is [CH2]Nn1cnnn1. The van der Waals surface area contributed by atoms with Gasteiger partial charge in [0.05, 0.1) is 7.05 Å². The van der Waals surface area contributed by atoms with Gasteiger partial charge in [0.25, 0.3) is 0 Å². The van der Waals surface area contributed by atoms with E-state index in [1.54, 1.807) is 0 Å². The number of hydrogen-bond donors (Lipinski definition) is 1. The first kappa shape index (κ1) is 4.04. The van der Waals surface area contributed by atoms with Gasteiger partial charge >= 0.3 is 0 Å². The van der Waals surface area contributed by atoms with Crippen molar-refractivity contribution in [1.29, 1.82) is 0 Å². The molecule has 1 aromatic heterocycles. The molecule has 0 aromatic carbocycles. The van der Waals surface area contributed by atoms with Gasteiger partial charge in [-0.25, -0.2) is 0 Å². The fourth-order valence-corrected chi connectivity index (χ4v) is 0.234. The van der Waals surface area contributed by atoms with Crippen molar-refractivity contribution < 1.29 is 0 Å². The van der Waals surface area contributed by atoms with Crippen LogP contribution in [0.4, 0.5) is 0 Å². The van der Waals surface area contributed by atoms with Gasteiger partial charge in [-0.3, -0.25) is 0 Å². The highest BCUT2D eigenvalue weighted by Gasteiger charge is 1.78. The van der Waals surface area contributed by atoms with Crippen molar-refractivity contribution in [3.63, 3.8) is 0 Å². The van der Waals surface area contributed by atoms with Crippen LogP contribution in [0.3, 0.4) is 0 Å². The first-order chi connectivity index (χ1) is 3.43. The Hall–Kier alpha value is -1.13. The molecule has 1 heterocycles. The highest BCUT2D eigenvalue weighted by atomic mass is 15.7. The third-order valence-corrected chi connectivity index (χ3v) is 0.511. The summed E-state index contributed by atoms with van der Waals surface area (Å²) in [5.41, 5.74) is 2.44. The molecule has 0 fully saturated rings. The van der Waals surface area contributed by atoms with Crippen LogP contribution in [0.2, 0.25) is 0 Å². The van der Waals surface area contributed by atoms with E-state index >= 15 is 0 Å². The molecule has 7 heavy (non-hydrogen) atoms. The molecule has 0 aliphatic carbocycles.